The highest BCUT2D eigenvalue weighted by Crippen LogP contribution is 2.50. The van der Waals surface area contributed by atoms with Gasteiger partial charge in [-0.3, -0.25) is 9.59 Å². The summed E-state index contributed by atoms with van der Waals surface area (Å²) < 4.78 is 22.2. The van der Waals surface area contributed by atoms with Gasteiger partial charge >= 0.3 is 11.9 Å². The van der Waals surface area contributed by atoms with Crippen LogP contribution in [0.2, 0.25) is 18.1 Å². The molecule has 8 nitrogen and oxygen atoms in total. The monoisotopic (exact) mass is 441 g/mol. The van der Waals surface area contributed by atoms with Crippen LogP contribution in [0.15, 0.2) is 12.7 Å². The van der Waals surface area contributed by atoms with Gasteiger partial charge in [-0.05, 0) is 24.6 Å². The van der Waals surface area contributed by atoms with Gasteiger partial charge in [-0.25, -0.2) is 4.79 Å². The van der Waals surface area contributed by atoms with Crippen molar-refractivity contribution in [1.82, 2.24) is 4.90 Å². The topological polar surface area (TPSA) is 91.4 Å². The summed E-state index contributed by atoms with van der Waals surface area (Å²) >= 11 is 0. The molecule has 2 aliphatic heterocycles. The van der Waals surface area contributed by atoms with Crippen LogP contribution in [0.1, 0.15) is 33.6 Å². The van der Waals surface area contributed by atoms with Gasteiger partial charge in [0.2, 0.25) is 5.91 Å². The number of likely N-dealkylation sites (tertiary alicyclic amines) is 1. The zero-order chi connectivity index (χ0) is 22.9. The van der Waals surface area contributed by atoms with Gasteiger partial charge in [0.1, 0.15) is 5.60 Å². The fourth-order valence-corrected chi connectivity index (χ4v) is 5.03. The second-order valence-corrected chi connectivity index (χ2v) is 14.3. The van der Waals surface area contributed by atoms with Crippen LogP contribution in [0.5, 0.6) is 0 Å². The van der Waals surface area contributed by atoms with Crippen LogP contribution in [-0.4, -0.2) is 76.2 Å². The number of amides is 1. The molecule has 0 radical (unpaired) electrons. The van der Waals surface area contributed by atoms with E-state index < -0.39 is 43.9 Å². The Kier molecular flexibility index (Phi) is 7.20. The normalized spacial score (nSPS) is 29.0. The summed E-state index contributed by atoms with van der Waals surface area (Å²) in [5, 5.41) is 0.0205. The van der Waals surface area contributed by atoms with Crippen molar-refractivity contribution < 1.29 is 33.0 Å². The number of carbonyl (C=O) groups is 3. The molecule has 9 heteroatoms. The lowest BCUT2D eigenvalue weighted by Gasteiger charge is -2.38. The third kappa shape index (κ3) is 4.33. The van der Waals surface area contributed by atoms with E-state index in [1.807, 2.05) is 0 Å². The van der Waals surface area contributed by atoms with Crippen LogP contribution in [0.4, 0.5) is 0 Å². The Balaban J connectivity index is 2.33. The first kappa shape index (κ1) is 24.6. The highest BCUT2D eigenvalue weighted by atomic mass is 28.4. The molecule has 2 aliphatic rings. The van der Waals surface area contributed by atoms with Crippen LogP contribution in [0.3, 0.4) is 0 Å². The molecule has 2 fully saturated rings. The lowest BCUT2D eigenvalue weighted by Crippen LogP contribution is -2.54. The summed E-state index contributed by atoms with van der Waals surface area (Å²) in [7, 11) is 0.502. The van der Waals surface area contributed by atoms with Gasteiger partial charge < -0.3 is 23.5 Å². The van der Waals surface area contributed by atoms with Crippen LogP contribution in [0, 0.1) is 5.92 Å². The minimum Gasteiger partial charge on any atom is -0.469 e. The maximum atomic E-state index is 13.3. The molecule has 2 rings (SSSR count). The van der Waals surface area contributed by atoms with Crippen molar-refractivity contribution in [2.75, 3.05) is 27.4 Å². The molecule has 0 N–H and O–H groups in total. The van der Waals surface area contributed by atoms with Crippen molar-refractivity contribution >= 4 is 26.2 Å². The standard InChI is InChI=1S/C21H35NO7Si/c1-9-14-12-15-18(24)22(10-11-28-30(7,8)20(2,3)4)17(19(25)27-6)21(15,29-14)13-16(23)26-5/h9,14-15,17H,1,10-13H2,2-8H3/t14-,15+,17-,21+/m0/s1. The summed E-state index contributed by atoms with van der Waals surface area (Å²) in [4.78, 5) is 39.8. The van der Waals surface area contributed by atoms with Crippen molar-refractivity contribution in [2.45, 2.75) is 69.5 Å². The first-order valence-corrected chi connectivity index (χ1v) is 13.1. The molecule has 30 heavy (non-hydrogen) atoms. The SMILES string of the molecule is C=C[C@H]1C[C@@H]2C(=O)N(CCO[Si](C)(C)C(C)(C)C)[C@@H](C(=O)OC)[C@]2(CC(=O)OC)O1. The van der Waals surface area contributed by atoms with Gasteiger partial charge in [-0.1, -0.05) is 26.8 Å². The molecule has 170 valence electrons. The highest BCUT2D eigenvalue weighted by Gasteiger charge is 2.68. The summed E-state index contributed by atoms with van der Waals surface area (Å²) in [5.41, 5.74) is -1.34. The molecule has 2 heterocycles. The fraction of sp³-hybridized carbons (Fsp3) is 0.762. The fourth-order valence-electron chi connectivity index (χ4n) is 4.00. The Morgan fingerprint density at radius 1 is 1.30 bits per heavy atom. The maximum absolute atomic E-state index is 13.3. The van der Waals surface area contributed by atoms with Crippen LogP contribution >= 0.6 is 0 Å². The van der Waals surface area contributed by atoms with E-state index in [2.05, 4.69) is 40.4 Å². The van der Waals surface area contributed by atoms with Crippen LogP contribution in [0.25, 0.3) is 0 Å². The molecule has 0 unspecified atom stereocenters. The first-order valence-electron chi connectivity index (χ1n) is 10.2. The molecule has 0 aromatic rings. The molecule has 0 saturated carbocycles. The minimum absolute atomic E-state index is 0.0205. The summed E-state index contributed by atoms with van der Waals surface area (Å²) in [5.74, 6) is -2.06. The molecule has 2 saturated heterocycles. The first-order chi connectivity index (χ1) is 13.8. The molecule has 1 amide bonds. The van der Waals surface area contributed by atoms with Crippen LogP contribution < -0.4 is 0 Å². The zero-order valence-corrected chi connectivity index (χ0v) is 20.1. The predicted octanol–water partition coefficient (Wildman–Crippen LogP) is 2.29. The van der Waals surface area contributed by atoms with Gasteiger partial charge in [0, 0.05) is 6.54 Å². The number of ether oxygens (including phenoxy) is 3. The average Bonchev–Trinajstić information content (AvgIpc) is 3.12. The summed E-state index contributed by atoms with van der Waals surface area (Å²) in [6, 6.07) is -1.05. The number of hydrogen-bond acceptors (Lipinski definition) is 7. The molecule has 0 aliphatic carbocycles. The predicted molar refractivity (Wildman–Crippen MR) is 113 cm³/mol. The van der Waals surface area contributed by atoms with E-state index in [4.69, 9.17) is 18.6 Å². The molecule has 4 atom stereocenters. The second-order valence-electron chi connectivity index (χ2n) is 9.45. The Morgan fingerprint density at radius 3 is 2.43 bits per heavy atom. The number of methoxy groups -OCH3 is 2. The van der Waals surface area contributed by atoms with E-state index in [1.54, 1.807) is 6.08 Å². The molecule has 0 bridgehead atoms. The Bertz CT molecular complexity index is 702. The number of esters is 2. The highest BCUT2D eigenvalue weighted by molar-refractivity contribution is 6.74. The van der Waals surface area contributed by atoms with E-state index in [9.17, 15) is 14.4 Å². The Labute approximate surface area is 180 Å². The van der Waals surface area contributed by atoms with Crippen molar-refractivity contribution in [2.24, 2.45) is 5.92 Å². The van der Waals surface area contributed by atoms with E-state index in [1.165, 1.54) is 19.1 Å². The quantitative estimate of drug-likeness (QED) is 0.324. The molecule has 0 aromatic carbocycles. The van der Waals surface area contributed by atoms with Crippen molar-refractivity contribution in [3.05, 3.63) is 12.7 Å². The number of rotatable bonds is 8. The average molecular weight is 442 g/mol. The van der Waals surface area contributed by atoms with E-state index >= 15 is 0 Å². The number of hydrogen-bond donors (Lipinski definition) is 0. The second kappa shape index (κ2) is 8.80. The zero-order valence-electron chi connectivity index (χ0n) is 19.1. The summed E-state index contributed by atoms with van der Waals surface area (Å²) in [6.07, 6.45) is 1.29. The molecular weight excluding hydrogens is 406 g/mol. The van der Waals surface area contributed by atoms with Crippen molar-refractivity contribution in [3.63, 3.8) is 0 Å². The van der Waals surface area contributed by atoms with Crippen LogP contribution in [-0.2, 0) is 33.0 Å². The van der Waals surface area contributed by atoms with Crippen molar-refractivity contribution in [3.8, 4) is 0 Å². The van der Waals surface area contributed by atoms with Gasteiger partial charge in [0.05, 0.1) is 39.3 Å². The van der Waals surface area contributed by atoms with Gasteiger partial charge in [-0.2, -0.15) is 0 Å². The Morgan fingerprint density at radius 2 is 1.93 bits per heavy atom. The number of carbonyl (C=O) groups excluding carboxylic acids is 3. The third-order valence-electron chi connectivity index (χ3n) is 6.72. The van der Waals surface area contributed by atoms with Crippen molar-refractivity contribution in [1.29, 1.82) is 0 Å². The lowest BCUT2D eigenvalue weighted by atomic mass is 9.82. The van der Waals surface area contributed by atoms with Gasteiger partial charge in [0.25, 0.3) is 0 Å². The molecule has 0 aromatic heterocycles. The van der Waals surface area contributed by atoms with E-state index in [0.29, 0.717) is 13.0 Å². The summed E-state index contributed by atoms with van der Waals surface area (Å²) in [6.45, 7) is 14.9. The van der Waals surface area contributed by atoms with E-state index in [0.717, 1.165) is 0 Å². The van der Waals surface area contributed by atoms with Gasteiger partial charge in [-0.15, -0.1) is 6.58 Å². The van der Waals surface area contributed by atoms with E-state index in [-0.39, 0.29) is 23.9 Å². The van der Waals surface area contributed by atoms with Gasteiger partial charge in [0.15, 0.2) is 14.4 Å². The minimum atomic E-state index is -2.02. The lowest BCUT2D eigenvalue weighted by molar-refractivity contribution is -0.164. The molecule has 0 spiro atoms. The molecular formula is C21H35NO7Si. The number of nitrogens with zero attached hydrogens (tertiary/aromatic N) is 1. The smallest absolute Gasteiger partial charge is 0.331 e. The largest absolute Gasteiger partial charge is 0.469 e. The Hall–Kier alpha value is -1.71. The maximum Gasteiger partial charge on any atom is 0.331 e. The third-order valence-corrected chi connectivity index (χ3v) is 11.3. The number of fused-ring (bicyclic) bond motifs is 1.